The lowest BCUT2D eigenvalue weighted by Gasteiger charge is -2.25. The zero-order valence-corrected chi connectivity index (χ0v) is 8.07. The highest BCUT2D eigenvalue weighted by Crippen LogP contribution is 2.13. The van der Waals surface area contributed by atoms with Crippen molar-refractivity contribution in [2.45, 2.75) is 12.7 Å². The molecule has 1 aliphatic rings. The highest BCUT2D eigenvalue weighted by Gasteiger charge is 2.18. The molecular formula is C11H10FNO2. The van der Waals surface area contributed by atoms with E-state index in [0.717, 1.165) is 0 Å². The molecular weight excluding hydrogens is 197 g/mol. The van der Waals surface area contributed by atoms with Gasteiger partial charge in [0.2, 0.25) is 0 Å². The van der Waals surface area contributed by atoms with Crippen LogP contribution in [0.15, 0.2) is 18.2 Å². The van der Waals surface area contributed by atoms with Crippen molar-refractivity contribution in [3.63, 3.8) is 0 Å². The highest BCUT2D eigenvalue weighted by molar-refractivity contribution is 5.33. The summed E-state index contributed by atoms with van der Waals surface area (Å²) in [5.74, 6) is -0.405. The molecule has 0 saturated carbocycles. The Balaban J connectivity index is 2.00. The minimum atomic E-state index is -0.405. The number of hydrogen-bond acceptors (Lipinski definition) is 3. The van der Waals surface area contributed by atoms with Gasteiger partial charge in [0.15, 0.2) is 0 Å². The maximum absolute atomic E-state index is 13.0. The maximum Gasteiger partial charge on any atom is 0.124 e. The van der Waals surface area contributed by atoms with Crippen LogP contribution in [0.3, 0.4) is 0 Å². The van der Waals surface area contributed by atoms with Gasteiger partial charge in [0, 0.05) is 0 Å². The molecule has 0 N–H and O–H groups in total. The molecule has 3 nitrogen and oxygen atoms in total. The maximum atomic E-state index is 13.0. The van der Waals surface area contributed by atoms with E-state index in [-0.39, 0.29) is 6.10 Å². The third-order valence-corrected chi connectivity index (χ3v) is 2.18. The van der Waals surface area contributed by atoms with Gasteiger partial charge in [0.25, 0.3) is 0 Å². The van der Waals surface area contributed by atoms with E-state index in [9.17, 15) is 4.39 Å². The lowest BCUT2D eigenvalue weighted by atomic mass is 10.1. The molecule has 78 valence electrons. The number of benzene rings is 1. The number of ether oxygens (including phenoxy) is 2. The smallest absolute Gasteiger partial charge is 0.124 e. The normalized spacial score (nSPS) is 15.7. The van der Waals surface area contributed by atoms with E-state index in [1.807, 2.05) is 6.07 Å². The van der Waals surface area contributed by atoms with Crippen LogP contribution in [0, 0.1) is 17.1 Å². The second kappa shape index (κ2) is 4.39. The van der Waals surface area contributed by atoms with Gasteiger partial charge in [0.05, 0.1) is 31.5 Å². The fourth-order valence-corrected chi connectivity index (χ4v) is 1.32. The summed E-state index contributed by atoms with van der Waals surface area (Å²) in [5, 5.41) is 8.64. The van der Waals surface area contributed by atoms with Crippen molar-refractivity contribution in [2.24, 2.45) is 0 Å². The predicted octanol–water partition coefficient (Wildman–Crippen LogP) is 1.61. The molecule has 4 heteroatoms. The van der Waals surface area contributed by atoms with Crippen molar-refractivity contribution in [3.05, 3.63) is 35.1 Å². The van der Waals surface area contributed by atoms with Crippen molar-refractivity contribution in [3.8, 4) is 6.07 Å². The molecule has 1 aromatic carbocycles. The van der Waals surface area contributed by atoms with Gasteiger partial charge in [-0.25, -0.2) is 4.39 Å². The van der Waals surface area contributed by atoms with E-state index in [1.54, 1.807) is 6.07 Å². The SMILES string of the molecule is N#Cc1cc(F)cc(COC2COC2)c1. The molecule has 1 fully saturated rings. The van der Waals surface area contributed by atoms with Crippen molar-refractivity contribution in [1.29, 1.82) is 5.26 Å². The Morgan fingerprint density at radius 1 is 1.47 bits per heavy atom. The Morgan fingerprint density at radius 2 is 2.27 bits per heavy atom. The van der Waals surface area contributed by atoms with Crippen LogP contribution < -0.4 is 0 Å². The molecule has 1 aromatic rings. The van der Waals surface area contributed by atoms with E-state index in [4.69, 9.17) is 14.7 Å². The van der Waals surface area contributed by atoms with Gasteiger partial charge in [0.1, 0.15) is 11.9 Å². The lowest BCUT2D eigenvalue weighted by Crippen LogP contribution is -2.35. The van der Waals surface area contributed by atoms with Crippen LogP contribution in [-0.2, 0) is 16.1 Å². The van der Waals surface area contributed by atoms with Crippen LogP contribution in [0.4, 0.5) is 4.39 Å². The van der Waals surface area contributed by atoms with Crippen LogP contribution in [0.25, 0.3) is 0 Å². The largest absolute Gasteiger partial charge is 0.376 e. The molecule has 0 bridgehead atoms. The summed E-state index contributed by atoms with van der Waals surface area (Å²) in [6.45, 7) is 1.52. The van der Waals surface area contributed by atoms with E-state index in [2.05, 4.69) is 0 Å². The molecule has 15 heavy (non-hydrogen) atoms. The Bertz CT molecular complexity index is 396. The zero-order valence-electron chi connectivity index (χ0n) is 8.07. The van der Waals surface area contributed by atoms with Crippen LogP contribution in [0.2, 0.25) is 0 Å². The first-order valence-electron chi connectivity index (χ1n) is 4.67. The molecule has 2 rings (SSSR count). The molecule has 1 aliphatic heterocycles. The number of rotatable bonds is 3. The highest BCUT2D eigenvalue weighted by atomic mass is 19.1. The second-order valence-electron chi connectivity index (χ2n) is 3.43. The Labute approximate surface area is 87.0 Å². The summed E-state index contributed by atoms with van der Waals surface area (Å²) in [7, 11) is 0. The van der Waals surface area contributed by atoms with Gasteiger partial charge < -0.3 is 9.47 Å². The molecule has 0 atom stereocenters. The van der Waals surface area contributed by atoms with E-state index in [1.165, 1.54) is 12.1 Å². The molecule has 0 spiro atoms. The quantitative estimate of drug-likeness (QED) is 0.756. The first kappa shape index (κ1) is 10.1. The fraction of sp³-hybridized carbons (Fsp3) is 0.364. The average molecular weight is 207 g/mol. The minimum Gasteiger partial charge on any atom is -0.376 e. The number of nitriles is 1. The monoisotopic (exact) mass is 207 g/mol. The fourth-order valence-electron chi connectivity index (χ4n) is 1.32. The lowest BCUT2D eigenvalue weighted by molar-refractivity contribution is -0.135. The molecule has 0 aromatic heterocycles. The van der Waals surface area contributed by atoms with Crippen molar-refractivity contribution < 1.29 is 13.9 Å². The Morgan fingerprint density at radius 3 is 2.87 bits per heavy atom. The van der Waals surface area contributed by atoms with E-state index < -0.39 is 5.82 Å². The third kappa shape index (κ3) is 2.52. The molecule has 0 amide bonds. The van der Waals surface area contributed by atoms with Crippen molar-refractivity contribution in [2.75, 3.05) is 13.2 Å². The first-order chi connectivity index (χ1) is 7.28. The summed E-state index contributed by atoms with van der Waals surface area (Å²) in [6, 6.07) is 6.11. The summed E-state index contributed by atoms with van der Waals surface area (Å²) in [6.07, 6.45) is 0.110. The van der Waals surface area contributed by atoms with Crippen LogP contribution in [0.5, 0.6) is 0 Å². The topological polar surface area (TPSA) is 42.2 Å². The van der Waals surface area contributed by atoms with Crippen molar-refractivity contribution in [1.82, 2.24) is 0 Å². The molecule has 0 radical (unpaired) electrons. The van der Waals surface area contributed by atoms with Crippen molar-refractivity contribution >= 4 is 0 Å². The van der Waals surface area contributed by atoms with Gasteiger partial charge in [-0.3, -0.25) is 0 Å². The summed E-state index contributed by atoms with van der Waals surface area (Å²) in [4.78, 5) is 0. The standard InChI is InChI=1S/C11H10FNO2/c12-10-2-8(4-13)1-9(3-10)5-15-11-6-14-7-11/h1-3,11H,5-7H2. The van der Waals surface area contributed by atoms with Crippen LogP contribution in [-0.4, -0.2) is 19.3 Å². The number of hydrogen-bond donors (Lipinski definition) is 0. The Kier molecular flexibility index (Phi) is 2.95. The summed E-state index contributed by atoms with van der Waals surface area (Å²) >= 11 is 0. The number of halogens is 1. The van der Waals surface area contributed by atoms with Gasteiger partial charge in [-0.2, -0.15) is 5.26 Å². The average Bonchev–Trinajstić information content (AvgIpc) is 2.14. The van der Waals surface area contributed by atoms with Gasteiger partial charge in [-0.1, -0.05) is 0 Å². The molecule has 1 saturated heterocycles. The van der Waals surface area contributed by atoms with E-state index >= 15 is 0 Å². The third-order valence-electron chi connectivity index (χ3n) is 2.18. The molecule has 0 aliphatic carbocycles. The van der Waals surface area contributed by atoms with Gasteiger partial charge >= 0.3 is 0 Å². The summed E-state index contributed by atoms with van der Waals surface area (Å²) in [5.41, 5.74) is 0.997. The predicted molar refractivity (Wildman–Crippen MR) is 50.5 cm³/mol. The molecule has 0 unspecified atom stereocenters. The summed E-state index contributed by atoms with van der Waals surface area (Å²) < 4.78 is 23.4. The number of nitrogens with zero attached hydrogens (tertiary/aromatic N) is 1. The minimum absolute atomic E-state index is 0.110. The van der Waals surface area contributed by atoms with Gasteiger partial charge in [-0.05, 0) is 23.8 Å². The second-order valence-corrected chi connectivity index (χ2v) is 3.43. The van der Waals surface area contributed by atoms with Gasteiger partial charge in [-0.15, -0.1) is 0 Å². The zero-order chi connectivity index (χ0) is 10.7. The molecule has 1 heterocycles. The Hall–Kier alpha value is -1.44. The van der Waals surface area contributed by atoms with E-state index in [0.29, 0.717) is 30.9 Å². The van der Waals surface area contributed by atoms with Crippen LogP contribution >= 0.6 is 0 Å². The first-order valence-corrected chi connectivity index (χ1v) is 4.67. The van der Waals surface area contributed by atoms with Crippen LogP contribution in [0.1, 0.15) is 11.1 Å².